The van der Waals surface area contributed by atoms with Crippen LogP contribution in [0.4, 0.5) is 11.5 Å². The van der Waals surface area contributed by atoms with Crippen molar-refractivity contribution in [2.45, 2.75) is 19.0 Å². The summed E-state index contributed by atoms with van der Waals surface area (Å²) in [5.41, 5.74) is 2.94. The molecule has 0 aliphatic carbocycles. The molecule has 1 aliphatic heterocycles. The van der Waals surface area contributed by atoms with E-state index in [2.05, 4.69) is 15.6 Å². The number of hydrogen-bond acceptors (Lipinski definition) is 4. The molecular weight excluding hydrogens is 488 g/mol. The van der Waals surface area contributed by atoms with E-state index in [1.807, 2.05) is 30.3 Å². The van der Waals surface area contributed by atoms with E-state index in [0.29, 0.717) is 34.1 Å². The van der Waals surface area contributed by atoms with Crippen LogP contribution in [0, 0.1) is 0 Å². The van der Waals surface area contributed by atoms with E-state index in [-0.39, 0.29) is 24.3 Å². The van der Waals surface area contributed by atoms with Gasteiger partial charge >= 0.3 is 0 Å². The number of benzene rings is 3. The molecule has 3 amide bonds. The molecule has 2 N–H and O–H groups in total. The highest BCUT2D eigenvalue weighted by atomic mass is 35.5. The Kier molecular flexibility index (Phi) is 6.96. The quantitative estimate of drug-likeness (QED) is 0.373. The minimum atomic E-state index is -0.742. The lowest BCUT2D eigenvalue weighted by molar-refractivity contribution is -0.120. The number of aromatic nitrogens is 1. The predicted octanol–water partition coefficient (Wildman–Crippen LogP) is 5.19. The molecular formula is C29H23ClN4O3. The number of anilines is 2. The van der Waals surface area contributed by atoms with Gasteiger partial charge in [-0.2, -0.15) is 0 Å². The standard InChI is InChI=1S/C29H23ClN4O3/c30-22-13-14-23-24(17-22)32-28(36)25(16-19-6-2-1-3-7-19)34(29(23)37)18-20-9-11-21(12-10-20)27(35)33-26-8-4-5-15-31-26/h1-15,17,25H,16,18H2,(H,32,36)(H,31,33,35). The van der Waals surface area contributed by atoms with Crippen molar-refractivity contribution in [3.8, 4) is 0 Å². The normalized spacial score (nSPS) is 14.9. The molecule has 3 aromatic carbocycles. The maximum atomic E-state index is 13.7. The number of nitrogens with zero attached hydrogens (tertiary/aromatic N) is 2. The van der Waals surface area contributed by atoms with Crippen LogP contribution in [0.15, 0.2) is 97.2 Å². The zero-order valence-corrected chi connectivity index (χ0v) is 20.5. The summed E-state index contributed by atoms with van der Waals surface area (Å²) in [7, 11) is 0. The van der Waals surface area contributed by atoms with E-state index in [0.717, 1.165) is 11.1 Å². The molecule has 37 heavy (non-hydrogen) atoms. The Bertz CT molecular complexity index is 1440. The monoisotopic (exact) mass is 510 g/mol. The van der Waals surface area contributed by atoms with E-state index < -0.39 is 6.04 Å². The smallest absolute Gasteiger partial charge is 0.256 e. The third kappa shape index (κ3) is 5.52. The van der Waals surface area contributed by atoms with Crippen molar-refractivity contribution in [2.24, 2.45) is 0 Å². The first-order chi connectivity index (χ1) is 18.0. The number of nitrogens with one attached hydrogen (secondary N) is 2. The van der Waals surface area contributed by atoms with Crippen molar-refractivity contribution in [3.05, 3.63) is 124 Å². The van der Waals surface area contributed by atoms with Gasteiger partial charge in [-0.05, 0) is 53.6 Å². The molecule has 0 fully saturated rings. The number of carbonyl (C=O) groups excluding carboxylic acids is 3. The van der Waals surface area contributed by atoms with Gasteiger partial charge in [0.25, 0.3) is 11.8 Å². The molecule has 184 valence electrons. The van der Waals surface area contributed by atoms with Gasteiger partial charge in [0.1, 0.15) is 11.9 Å². The third-order valence-corrected chi connectivity index (χ3v) is 6.39. The van der Waals surface area contributed by atoms with Gasteiger partial charge in [-0.1, -0.05) is 60.1 Å². The fourth-order valence-electron chi connectivity index (χ4n) is 4.27. The maximum absolute atomic E-state index is 13.7. The van der Waals surface area contributed by atoms with Crippen LogP contribution in [0.2, 0.25) is 5.02 Å². The van der Waals surface area contributed by atoms with Crippen LogP contribution in [-0.4, -0.2) is 33.6 Å². The molecule has 0 radical (unpaired) electrons. The molecule has 0 spiro atoms. The molecule has 1 unspecified atom stereocenters. The Labute approximate surface area is 219 Å². The van der Waals surface area contributed by atoms with Crippen molar-refractivity contribution in [1.29, 1.82) is 0 Å². The second-order valence-corrected chi connectivity index (χ2v) is 9.12. The molecule has 8 heteroatoms. The van der Waals surface area contributed by atoms with Crippen LogP contribution in [0.25, 0.3) is 0 Å². The van der Waals surface area contributed by atoms with Crippen LogP contribution < -0.4 is 10.6 Å². The van der Waals surface area contributed by atoms with Gasteiger partial charge in [0, 0.05) is 29.7 Å². The zero-order valence-electron chi connectivity index (χ0n) is 19.7. The minimum absolute atomic E-state index is 0.188. The van der Waals surface area contributed by atoms with E-state index in [9.17, 15) is 14.4 Å². The molecule has 5 rings (SSSR count). The fourth-order valence-corrected chi connectivity index (χ4v) is 4.44. The summed E-state index contributed by atoms with van der Waals surface area (Å²) in [4.78, 5) is 45.3. The lowest BCUT2D eigenvalue weighted by Gasteiger charge is -2.29. The largest absolute Gasteiger partial charge is 0.323 e. The number of fused-ring (bicyclic) bond motifs is 1. The van der Waals surface area contributed by atoms with Crippen LogP contribution >= 0.6 is 11.6 Å². The third-order valence-electron chi connectivity index (χ3n) is 6.16. The zero-order chi connectivity index (χ0) is 25.8. The summed E-state index contributed by atoms with van der Waals surface area (Å²) in [6.45, 7) is 0.188. The number of carbonyl (C=O) groups is 3. The molecule has 0 saturated heterocycles. The van der Waals surface area contributed by atoms with Crippen molar-refractivity contribution in [2.75, 3.05) is 10.6 Å². The van der Waals surface area contributed by atoms with Gasteiger partial charge in [0.05, 0.1) is 11.3 Å². The predicted molar refractivity (Wildman–Crippen MR) is 143 cm³/mol. The molecule has 4 aromatic rings. The highest BCUT2D eigenvalue weighted by Crippen LogP contribution is 2.29. The SMILES string of the molecule is O=C(Nc1ccccn1)c1ccc(CN2C(=O)c3ccc(Cl)cc3NC(=O)C2Cc2ccccc2)cc1. The Balaban J connectivity index is 1.42. The number of hydrogen-bond donors (Lipinski definition) is 2. The Morgan fingerprint density at radius 1 is 0.919 bits per heavy atom. The second kappa shape index (κ2) is 10.6. The van der Waals surface area contributed by atoms with Crippen LogP contribution in [-0.2, 0) is 17.8 Å². The summed E-state index contributed by atoms with van der Waals surface area (Å²) in [6.07, 6.45) is 1.95. The summed E-state index contributed by atoms with van der Waals surface area (Å²) in [5, 5.41) is 6.06. The van der Waals surface area contributed by atoms with Crippen LogP contribution in [0.1, 0.15) is 31.8 Å². The first kappa shape index (κ1) is 24.2. The Morgan fingerprint density at radius 2 is 1.68 bits per heavy atom. The molecule has 2 heterocycles. The average Bonchev–Trinajstić information content (AvgIpc) is 3.00. The van der Waals surface area contributed by atoms with E-state index in [1.165, 1.54) is 0 Å². The van der Waals surface area contributed by atoms with Crippen molar-refractivity contribution >= 4 is 40.8 Å². The molecule has 1 aliphatic rings. The number of pyridine rings is 1. The summed E-state index contributed by atoms with van der Waals surface area (Å²) < 4.78 is 0. The van der Waals surface area contributed by atoms with Crippen molar-refractivity contribution in [3.63, 3.8) is 0 Å². The molecule has 1 aromatic heterocycles. The highest BCUT2D eigenvalue weighted by Gasteiger charge is 2.35. The van der Waals surface area contributed by atoms with E-state index in [4.69, 9.17) is 11.6 Å². The fraction of sp³-hybridized carbons (Fsp3) is 0.103. The van der Waals surface area contributed by atoms with Crippen LogP contribution in [0.5, 0.6) is 0 Å². The lowest BCUT2D eigenvalue weighted by Crippen LogP contribution is -2.46. The van der Waals surface area contributed by atoms with Gasteiger partial charge in [-0.3, -0.25) is 14.4 Å². The van der Waals surface area contributed by atoms with Gasteiger partial charge in [0.15, 0.2) is 0 Å². The topological polar surface area (TPSA) is 91.4 Å². The molecule has 0 bridgehead atoms. The Morgan fingerprint density at radius 3 is 2.41 bits per heavy atom. The van der Waals surface area contributed by atoms with Crippen molar-refractivity contribution in [1.82, 2.24) is 9.88 Å². The first-order valence-corrected chi connectivity index (χ1v) is 12.1. The van der Waals surface area contributed by atoms with Gasteiger partial charge in [0.2, 0.25) is 5.91 Å². The molecule has 1 atom stereocenters. The first-order valence-electron chi connectivity index (χ1n) is 11.7. The van der Waals surface area contributed by atoms with Gasteiger partial charge in [-0.25, -0.2) is 4.98 Å². The number of rotatable bonds is 6. The van der Waals surface area contributed by atoms with Crippen molar-refractivity contribution < 1.29 is 14.4 Å². The molecule has 0 saturated carbocycles. The minimum Gasteiger partial charge on any atom is -0.323 e. The van der Waals surface area contributed by atoms with Gasteiger partial charge in [-0.15, -0.1) is 0 Å². The summed E-state index contributed by atoms with van der Waals surface area (Å²) in [5.74, 6) is -0.393. The summed E-state index contributed by atoms with van der Waals surface area (Å²) >= 11 is 6.14. The second-order valence-electron chi connectivity index (χ2n) is 8.68. The van der Waals surface area contributed by atoms with Gasteiger partial charge < -0.3 is 15.5 Å². The van der Waals surface area contributed by atoms with E-state index >= 15 is 0 Å². The average molecular weight is 511 g/mol. The highest BCUT2D eigenvalue weighted by molar-refractivity contribution is 6.31. The maximum Gasteiger partial charge on any atom is 0.256 e. The summed E-state index contributed by atoms with van der Waals surface area (Å²) in [6, 6.07) is 25.9. The molecule has 7 nitrogen and oxygen atoms in total. The number of halogens is 1. The van der Waals surface area contributed by atoms with E-state index in [1.54, 1.807) is 71.8 Å². The van der Waals surface area contributed by atoms with Crippen LogP contribution in [0.3, 0.4) is 0 Å². The Hall–Kier alpha value is -4.49. The lowest BCUT2D eigenvalue weighted by atomic mass is 10.0. The number of amides is 3.